The Balaban J connectivity index is 1.97. The zero-order valence-corrected chi connectivity index (χ0v) is 10.3. The third kappa shape index (κ3) is 1.75. The molecule has 18 heavy (non-hydrogen) atoms. The molecule has 2 N–H and O–H groups in total. The topological polar surface area (TPSA) is 64.9 Å². The molecule has 1 fully saturated rings. The van der Waals surface area contributed by atoms with Crippen LogP contribution in [0, 0.1) is 18.7 Å². The zero-order valence-electron chi connectivity index (χ0n) is 10.3. The molecule has 0 aliphatic heterocycles. The van der Waals surface area contributed by atoms with Crippen LogP contribution in [-0.4, -0.2) is 9.97 Å². The van der Waals surface area contributed by atoms with E-state index in [0.717, 1.165) is 12.2 Å². The zero-order chi connectivity index (χ0) is 12.9. The smallest absolute Gasteiger partial charge is 0.198 e. The summed E-state index contributed by atoms with van der Waals surface area (Å²) in [7, 11) is 0. The number of rotatable bonds is 2. The van der Waals surface area contributed by atoms with Gasteiger partial charge < -0.3 is 10.2 Å². The van der Waals surface area contributed by atoms with Crippen molar-refractivity contribution < 1.29 is 8.81 Å². The maximum Gasteiger partial charge on any atom is 0.198 e. The minimum absolute atomic E-state index is 0.143. The molecule has 94 valence electrons. The van der Waals surface area contributed by atoms with E-state index < -0.39 is 5.82 Å². The molecule has 0 amide bonds. The average Bonchev–Trinajstić information content (AvgIpc) is 2.89. The van der Waals surface area contributed by atoms with E-state index in [9.17, 15) is 4.39 Å². The van der Waals surface area contributed by atoms with Crippen molar-refractivity contribution in [3.8, 4) is 11.6 Å². The number of nitrogens with zero attached hydrogens (tertiary/aromatic N) is 2. The van der Waals surface area contributed by atoms with Gasteiger partial charge in [0.15, 0.2) is 23.2 Å². The Morgan fingerprint density at radius 2 is 2.11 bits per heavy atom. The van der Waals surface area contributed by atoms with Crippen LogP contribution in [0.15, 0.2) is 16.5 Å². The van der Waals surface area contributed by atoms with Gasteiger partial charge in [0.05, 0.1) is 5.69 Å². The number of aryl methyl sites for hydroxylation is 1. The van der Waals surface area contributed by atoms with Crippen LogP contribution >= 0.6 is 0 Å². The molecular weight excluding hydrogens is 233 g/mol. The van der Waals surface area contributed by atoms with Gasteiger partial charge in [-0.1, -0.05) is 6.92 Å². The summed E-state index contributed by atoms with van der Waals surface area (Å²) in [6, 6.07) is 3.74. The molecule has 1 aliphatic rings. The summed E-state index contributed by atoms with van der Waals surface area (Å²) in [4.78, 5) is 7.97. The fourth-order valence-corrected chi connectivity index (χ4v) is 2.08. The second-order valence-corrected chi connectivity index (χ2v) is 4.85. The van der Waals surface area contributed by atoms with Gasteiger partial charge >= 0.3 is 0 Å². The fourth-order valence-electron chi connectivity index (χ4n) is 2.08. The highest BCUT2D eigenvalue weighted by Gasteiger charge is 2.36. The molecule has 2 unspecified atom stereocenters. The van der Waals surface area contributed by atoms with Crippen LogP contribution in [0.4, 0.5) is 10.2 Å². The van der Waals surface area contributed by atoms with Crippen molar-refractivity contribution in [2.75, 3.05) is 5.73 Å². The van der Waals surface area contributed by atoms with Crippen LogP contribution in [0.1, 0.15) is 30.7 Å². The highest BCUT2D eigenvalue weighted by molar-refractivity contribution is 5.51. The normalized spacial score (nSPS) is 22.2. The lowest BCUT2D eigenvalue weighted by Gasteiger charge is -2.02. The second kappa shape index (κ2) is 3.80. The summed E-state index contributed by atoms with van der Waals surface area (Å²) >= 11 is 0. The Morgan fingerprint density at radius 3 is 2.72 bits per heavy atom. The van der Waals surface area contributed by atoms with Gasteiger partial charge in [0.25, 0.3) is 0 Å². The molecule has 1 saturated carbocycles. The predicted octanol–water partition coefficient (Wildman–Crippen LogP) is 2.89. The Hall–Kier alpha value is -1.91. The van der Waals surface area contributed by atoms with E-state index in [1.54, 1.807) is 6.92 Å². The lowest BCUT2D eigenvalue weighted by molar-refractivity contribution is 0.513. The maximum absolute atomic E-state index is 13.3. The largest absolute Gasteiger partial charge is 0.457 e. The maximum atomic E-state index is 13.3. The minimum atomic E-state index is -0.568. The van der Waals surface area contributed by atoms with Crippen molar-refractivity contribution in [2.45, 2.75) is 26.2 Å². The van der Waals surface area contributed by atoms with Gasteiger partial charge in [-0.05, 0) is 31.4 Å². The number of furan rings is 1. The van der Waals surface area contributed by atoms with E-state index in [-0.39, 0.29) is 11.5 Å². The SMILES string of the molecule is Cc1nc(-c2ccc(C3CC3C)o2)nc(N)c1F. The first-order chi connectivity index (χ1) is 8.56. The molecular formula is C13H14FN3O. The van der Waals surface area contributed by atoms with Gasteiger partial charge in [-0.3, -0.25) is 0 Å². The predicted molar refractivity (Wildman–Crippen MR) is 65.4 cm³/mol. The molecule has 1 aliphatic carbocycles. The van der Waals surface area contributed by atoms with Crippen molar-refractivity contribution in [3.63, 3.8) is 0 Å². The highest BCUT2D eigenvalue weighted by atomic mass is 19.1. The third-order valence-electron chi connectivity index (χ3n) is 3.36. The summed E-state index contributed by atoms with van der Waals surface area (Å²) in [5.41, 5.74) is 5.72. The number of nitrogen functional groups attached to an aromatic ring is 1. The van der Waals surface area contributed by atoms with E-state index in [0.29, 0.717) is 23.4 Å². The standard InChI is InChI=1S/C13H14FN3O/c1-6-5-8(6)9-3-4-10(18-9)13-16-7(2)11(14)12(15)17-13/h3-4,6,8H,5H2,1-2H3,(H2,15,16,17). The van der Waals surface area contributed by atoms with Crippen LogP contribution in [0.3, 0.4) is 0 Å². The van der Waals surface area contributed by atoms with E-state index >= 15 is 0 Å². The molecule has 2 heterocycles. The number of aromatic nitrogens is 2. The van der Waals surface area contributed by atoms with Crippen molar-refractivity contribution in [3.05, 3.63) is 29.4 Å². The molecule has 2 atom stereocenters. The van der Waals surface area contributed by atoms with Crippen LogP contribution in [0.5, 0.6) is 0 Å². The quantitative estimate of drug-likeness (QED) is 0.886. The van der Waals surface area contributed by atoms with Gasteiger partial charge in [-0.25, -0.2) is 14.4 Å². The van der Waals surface area contributed by atoms with Gasteiger partial charge in [-0.15, -0.1) is 0 Å². The van der Waals surface area contributed by atoms with Crippen LogP contribution in [-0.2, 0) is 0 Å². The van der Waals surface area contributed by atoms with Crippen molar-refractivity contribution >= 4 is 5.82 Å². The summed E-state index contributed by atoms with van der Waals surface area (Å²) in [6.07, 6.45) is 1.15. The van der Waals surface area contributed by atoms with Crippen molar-refractivity contribution in [1.82, 2.24) is 9.97 Å². The first-order valence-corrected chi connectivity index (χ1v) is 5.96. The van der Waals surface area contributed by atoms with Crippen LogP contribution in [0.2, 0.25) is 0 Å². The highest BCUT2D eigenvalue weighted by Crippen LogP contribution is 2.47. The summed E-state index contributed by atoms with van der Waals surface area (Å²) in [5, 5.41) is 0. The monoisotopic (exact) mass is 247 g/mol. The summed E-state index contributed by atoms with van der Waals surface area (Å²) in [5.74, 6) is 2.28. The number of hydrogen-bond donors (Lipinski definition) is 1. The van der Waals surface area contributed by atoms with Gasteiger partial charge in [-0.2, -0.15) is 0 Å². The number of hydrogen-bond acceptors (Lipinski definition) is 4. The number of halogens is 1. The first-order valence-electron chi connectivity index (χ1n) is 5.96. The van der Waals surface area contributed by atoms with Crippen molar-refractivity contribution in [2.24, 2.45) is 5.92 Å². The third-order valence-corrected chi connectivity index (χ3v) is 3.36. The summed E-state index contributed by atoms with van der Waals surface area (Å²) < 4.78 is 19.1. The lowest BCUT2D eigenvalue weighted by Crippen LogP contribution is -2.02. The van der Waals surface area contributed by atoms with Gasteiger partial charge in [0, 0.05) is 5.92 Å². The summed E-state index contributed by atoms with van der Waals surface area (Å²) in [6.45, 7) is 3.74. The lowest BCUT2D eigenvalue weighted by atomic mass is 10.3. The molecule has 0 bridgehead atoms. The molecule has 4 nitrogen and oxygen atoms in total. The molecule has 0 radical (unpaired) electrons. The molecule has 2 aromatic rings. The Kier molecular flexibility index (Phi) is 2.36. The molecule has 3 rings (SSSR count). The second-order valence-electron chi connectivity index (χ2n) is 4.85. The van der Waals surface area contributed by atoms with Gasteiger partial charge in [0.2, 0.25) is 0 Å². The molecule has 0 spiro atoms. The average molecular weight is 247 g/mol. The van der Waals surface area contributed by atoms with E-state index in [2.05, 4.69) is 16.9 Å². The first kappa shape index (κ1) is 11.2. The molecule has 2 aromatic heterocycles. The Bertz CT molecular complexity index is 585. The Morgan fingerprint density at radius 1 is 1.39 bits per heavy atom. The van der Waals surface area contributed by atoms with Crippen molar-refractivity contribution in [1.29, 1.82) is 0 Å². The molecule has 5 heteroatoms. The number of anilines is 1. The van der Waals surface area contributed by atoms with Crippen LogP contribution < -0.4 is 5.73 Å². The van der Waals surface area contributed by atoms with E-state index in [1.807, 2.05) is 12.1 Å². The van der Waals surface area contributed by atoms with E-state index in [4.69, 9.17) is 10.2 Å². The number of nitrogens with two attached hydrogens (primary N) is 1. The van der Waals surface area contributed by atoms with Gasteiger partial charge in [0.1, 0.15) is 5.76 Å². The van der Waals surface area contributed by atoms with Crippen LogP contribution in [0.25, 0.3) is 11.6 Å². The molecule has 0 aromatic carbocycles. The minimum Gasteiger partial charge on any atom is -0.457 e. The van der Waals surface area contributed by atoms with E-state index in [1.165, 1.54) is 0 Å². The Labute approximate surface area is 104 Å². The fraction of sp³-hybridized carbons (Fsp3) is 0.385. The molecule has 0 saturated heterocycles.